The maximum Gasteiger partial charge on any atom is 0.243 e. The van der Waals surface area contributed by atoms with Crippen molar-refractivity contribution in [3.05, 3.63) is 29.8 Å². The molecule has 94 valence electrons. The van der Waals surface area contributed by atoms with Gasteiger partial charge in [-0.3, -0.25) is 0 Å². The van der Waals surface area contributed by atoms with Crippen molar-refractivity contribution < 1.29 is 8.42 Å². The van der Waals surface area contributed by atoms with E-state index in [-0.39, 0.29) is 5.38 Å². The number of aryl methyl sites for hydroxylation is 1. The molecule has 1 aliphatic rings. The molecule has 0 spiro atoms. The Kier molecular flexibility index (Phi) is 3.76. The summed E-state index contributed by atoms with van der Waals surface area (Å²) < 4.78 is 26.3. The summed E-state index contributed by atoms with van der Waals surface area (Å²) in [6.07, 6.45) is 1.72. The van der Waals surface area contributed by atoms with E-state index >= 15 is 0 Å². The highest BCUT2D eigenvalue weighted by Crippen LogP contribution is 2.24. The predicted molar refractivity (Wildman–Crippen MR) is 68.8 cm³/mol. The van der Waals surface area contributed by atoms with E-state index in [0.29, 0.717) is 18.0 Å². The molecule has 3 nitrogen and oxygen atoms in total. The van der Waals surface area contributed by atoms with Crippen LogP contribution in [-0.2, 0) is 10.0 Å². The highest BCUT2D eigenvalue weighted by Gasteiger charge is 2.30. The molecule has 0 saturated carbocycles. The lowest BCUT2D eigenvalue weighted by molar-refractivity contribution is 0.350. The number of sulfonamides is 1. The third-order valence-corrected chi connectivity index (χ3v) is 5.42. The fourth-order valence-corrected chi connectivity index (χ4v) is 4.25. The third kappa shape index (κ3) is 2.64. The van der Waals surface area contributed by atoms with E-state index < -0.39 is 10.0 Å². The van der Waals surface area contributed by atoms with E-state index in [1.807, 2.05) is 19.1 Å². The van der Waals surface area contributed by atoms with Gasteiger partial charge in [-0.15, -0.1) is 11.6 Å². The van der Waals surface area contributed by atoms with E-state index in [9.17, 15) is 8.42 Å². The first kappa shape index (κ1) is 12.9. The Morgan fingerprint density at radius 2 is 2.06 bits per heavy atom. The van der Waals surface area contributed by atoms with Gasteiger partial charge in [0, 0.05) is 18.5 Å². The molecule has 0 radical (unpaired) electrons. The van der Waals surface area contributed by atoms with Crippen molar-refractivity contribution in [3.63, 3.8) is 0 Å². The summed E-state index contributed by atoms with van der Waals surface area (Å²) in [5, 5.41) is -0.0671. The fraction of sp³-hybridized carbons (Fsp3) is 0.500. The van der Waals surface area contributed by atoms with Crippen LogP contribution in [0.4, 0.5) is 0 Å². The molecule has 5 heteroatoms. The number of hydrogen-bond acceptors (Lipinski definition) is 2. The molecule has 0 amide bonds. The van der Waals surface area contributed by atoms with Crippen LogP contribution < -0.4 is 0 Å². The summed E-state index contributed by atoms with van der Waals surface area (Å²) in [7, 11) is -3.38. The minimum Gasteiger partial charge on any atom is -0.207 e. The van der Waals surface area contributed by atoms with Crippen LogP contribution in [0.5, 0.6) is 0 Å². The van der Waals surface area contributed by atoms with E-state index in [4.69, 9.17) is 11.6 Å². The average molecular weight is 274 g/mol. The second kappa shape index (κ2) is 4.96. The molecule has 1 fully saturated rings. The van der Waals surface area contributed by atoms with Gasteiger partial charge in [0.15, 0.2) is 0 Å². The minimum atomic E-state index is -3.38. The molecule has 1 saturated heterocycles. The summed E-state index contributed by atoms with van der Waals surface area (Å²) in [6.45, 7) is 2.80. The first-order valence-corrected chi connectivity index (χ1v) is 7.59. The molecule has 0 bridgehead atoms. The second-order valence-electron chi connectivity index (χ2n) is 4.37. The normalized spacial score (nSPS) is 22.6. The zero-order valence-corrected chi connectivity index (χ0v) is 11.3. The van der Waals surface area contributed by atoms with E-state index in [1.54, 1.807) is 12.1 Å². The quantitative estimate of drug-likeness (QED) is 0.776. The molecular formula is C12H16ClNO2S. The summed E-state index contributed by atoms with van der Waals surface area (Å²) >= 11 is 6.04. The van der Waals surface area contributed by atoms with Crippen molar-refractivity contribution >= 4 is 21.6 Å². The Labute approximate surface area is 107 Å². The minimum absolute atomic E-state index is 0.0671. The standard InChI is InChI=1S/C12H16ClNO2S/c1-10-5-2-3-7-12(10)17(15,16)14-8-4-6-11(13)9-14/h2-3,5,7,11H,4,6,8-9H2,1H3. The van der Waals surface area contributed by atoms with Crippen molar-refractivity contribution in [2.45, 2.75) is 30.0 Å². The Balaban J connectivity index is 2.33. The van der Waals surface area contributed by atoms with Crippen LogP contribution in [0, 0.1) is 6.92 Å². The molecule has 2 rings (SSSR count). The number of rotatable bonds is 2. The van der Waals surface area contributed by atoms with Crippen LogP contribution in [0.25, 0.3) is 0 Å². The summed E-state index contributed by atoms with van der Waals surface area (Å²) in [4.78, 5) is 0.394. The maximum atomic E-state index is 12.4. The van der Waals surface area contributed by atoms with Gasteiger partial charge in [-0.2, -0.15) is 4.31 Å². The highest BCUT2D eigenvalue weighted by atomic mass is 35.5. The van der Waals surface area contributed by atoms with Crippen molar-refractivity contribution in [1.82, 2.24) is 4.31 Å². The molecule has 1 unspecified atom stereocenters. The third-order valence-electron chi connectivity index (χ3n) is 3.04. The maximum absolute atomic E-state index is 12.4. The van der Waals surface area contributed by atoms with Crippen LogP contribution in [0.3, 0.4) is 0 Å². The number of benzene rings is 1. The number of halogens is 1. The van der Waals surface area contributed by atoms with Gasteiger partial charge in [0.25, 0.3) is 0 Å². The Hall–Kier alpha value is -0.580. The zero-order chi connectivity index (χ0) is 12.5. The van der Waals surface area contributed by atoms with Gasteiger partial charge in [-0.05, 0) is 31.4 Å². The van der Waals surface area contributed by atoms with Gasteiger partial charge >= 0.3 is 0 Å². The zero-order valence-electron chi connectivity index (χ0n) is 9.77. The first-order chi connectivity index (χ1) is 8.01. The molecule has 1 atom stereocenters. The molecule has 1 aliphatic heterocycles. The lowest BCUT2D eigenvalue weighted by Gasteiger charge is -2.29. The Morgan fingerprint density at radius 1 is 1.35 bits per heavy atom. The summed E-state index contributed by atoms with van der Waals surface area (Å²) in [5.74, 6) is 0. The molecule has 1 aromatic carbocycles. The largest absolute Gasteiger partial charge is 0.243 e. The number of hydrogen-bond donors (Lipinski definition) is 0. The van der Waals surface area contributed by atoms with Gasteiger partial charge in [0.05, 0.1) is 4.90 Å². The molecule has 1 aromatic rings. The van der Waals surface area contributed by atoms with Crippen LogP contribution in [0.1, 0.15) is 18.4 Å². The number of alkyl halides is 1. The monoisotopic (exact) mass is 273 g/mol. The number of piperidine rings is 1. The Bertz CT molecular complexity index is 501. The first-order valence-electron chi connectivity index (χ1n) is 5.71. The van der Waals surface area contributed by atoms with Crippen molar-refractivity contribution in [2.24, 2.45) is 0 Å². The highest BCUT2D eigenvalue weighted by molar-refractivity contribution is 7.89. The van der Waals surface area contributed by atoms with Gasteiger partial charge in [-0.25, -0.2) is 8.42 Å². The molecule has 0 aliphatic carbocycles. The Morgan fingerprint density at radius 3 is 2.71 bits per heavy atom. The number of nitrogens with zero attached hydrogens (tertiary/aromatic N) is 1. The van der Waals surface area contributed by atoms with Gasteiger partial charge in [0.1, 0.15) is 0 Å². The van der Waals surface area contributed by atoms with Crippen molar-refractivity contribution in [2.75, 3.05) is 13.1 Å². The van der Waals surface area contributed by atoms with Crippen molar-refractivity contribution in [1.29, 1.82) is 0 Å². The topological polar surface area (TPSA) is 37.4 Å². The van der Waals surface area contributed by atoms with Crippen LogP contribution in [-0.4, -0.2) is 31.2 Å². The van der Waals surface area contributed by atoms with E-state index in [1.165, 1.54) is 4.31 Å². The molecule has 0 N–H and O–H groups in total. The van der Waals surface area contributed by atoms with Gasteiger partial charge in [0.2, 0.25) is 10.0 Å². The molecule has 0 aromatic heterocycles. The summed E-state index contributed by atoms with van der Waals surface area (Å²) in [5.41, 5.74) is 0.782. The van der Waals surface area contributed by atoms with Gasteiger partial charge < -0.3 is 0 Å². The van der Waals surface area contributed by atoms with Crippen LogP contribution >= 0.6 is 11.6 Å². The predicted octanol–water partition coefficient (Wildman–Crippen LogP) is 2.39. The smallest absolute Gasteiger partial charge is 0.207 e. The fourth-order valence-electron chi connectivity index (χ4n) is 2.10. The lowest BCUT2D eigenvalue weighted by Crippen LogP contribution is -2.40. The molecular weight excluding hydrogens is 258 g/mol. The van der Waals surface area contributed by atoms with Crippen molar-refractivity contribution in [3.8, 4) is 0 Å². The summed E-state index contributed by atoms with van der Waals surface area (Å²) in [6, 6.07) is 7.06. The SMILES string of the molecule is Cc1ccccc1S(=O)(=O)N1CCCC(Cl)C1. The lowest BCUT2D eigenvalue weighted by atomic mass is 10.2. The molecule has 17 heavy (non-hydrogen) atoms. The van der Waals surface area contributed by atoms with Crippen LogP contribution in [0.15, 0.2) is 29.2 Å². The van der Waals surface area contributed by atoms with E-state index in [0.717, 1.165) is 18.4 Å². The second-order valence-corrected chi connectivity index (χ2v) is 6.89. The van der Waals surface area contributed by atoms with E-state index in [2.05, 4.69) is 0 Å². The van der Waals surface area contributed by atoms with Gasteiger partial charge in [-0.1, -0.05) is 18.2 Å². The van der Waals surface area contributed by atoms with Crippen LogP contribution in [0.2, 0.25) is 0 Å². The average Bonchev–Trinajstić information content (AvgIpc) is 2.29. The molecule has 1 heterocycles.